The van der Waals surface area contributed by atoms with Gasteiger partial charge in [-0.25, -0.2) is 4.79 Å². The second kappa shape index (κ2) is 7.37. The van der Waals surface area contributed by atoms with Gasteiger partial charge in [0.05, 0.1) is 6.61 Å². The molecule has 1 N–H and O–H groups in total. The van der Waals surface area contributed by atoms with E-state index in [2.05, 4.69) is 30.7 Å². The van der Waals surface area contributed by atoms with Crippen LogP contribution in [0.1, 0.15) is 33.6 Å². The smallest absolute Gasteiger partial charge is 0.337 e. The minimum absolute atomic E-state index is 0.199. The number of hydrogen-bond acceptors (Lipinski definition) is 5. The summed E-state index contributed by atoms with van der Waals surface area (Å²) in [6.07, 6.45) is 1.21. The second-order valence-corrected chi connectivity index (χ2v) is 7.80. The number of carboxylic acid groups (broad SMARTS) is 1. The lowest BCUT2D eigenvalue weighted by Crippen LogP contribution is -2.60. The molecule has 2 aliphatic heterocycles. The Bertz CT molecular complexity index is 474. The van der Waals surface area contributed by atoms with Crippen LogP contribution in [0.5, 0.6) is 0 Å². The topological polar surface area (TPSA) is 73.3 Å². The number of carbonyl (C=O) groups excluding carboxylic acids is 1. The van der Waals surface area contributed by atoms with Gasteiger partial charge in [0.15, 0.2) is 5.60 Å². The number of piperazine rings is 1. The van der Waals surface area contributed by atoms with Crippen molar-refractivity contribution in [1.82, 2.24) is 14.7 Å². The molecule has 2 fully saturated rings. The zero-order valence-electron chi connectivity index (χ0n) is 15.4. The zero-order valence-corrected chi connectivity index (χ0v) is 15.4. The highest BCUT2D eigenvalue weighted by Crippen LogP contribution is 2.28. The molecule has 0 bridgehead atoms. The van der Waals surface area contributed by atoms with E-state index in [0.717, 1.165) is 26.2 Å². The quantitative estimate of drug-likeness (QED) is 0.785. The van der Waals surface area contributed by atoms with Crippen molar-refractivity contribution in [3.05, 3.63) is 0 Å². The zero-order chi connectivity index (χ0) is 18.0. The first-order valence-corrected chi connectivity index (χ1v) is 8.73. The Hall–Kier alpha value is -1.18. The second-order valence-electron chi connectivity index (χ2n) is 7.80. The van der Waals surface area contributed by atoms with Gasteiger partial charge in [0.1, 0.15) is 0 Å². The van der Waals surface area contributed by atoms with E-state index < -0.39 is 11.6 Å². The third-order valence-corrected chi connectivity index (χ3v) is 5.39. The van der Waals surface area contributed by atoms with Gasteiger partial charge >= 0.3 is 5.97 Å². The van der Waals surface area contributed by atoms with Gasteiger partial charge in [-0.3, -0.25) is 9.69 Å². The van der Waals surface area contributed by atoms with Crippen molar-refractivity contribution in [3.8, 4) is 0 Å². The van der Waals surface area contributed by atoms with Crippen molar-refractivity contribution >= 4 is 11.9 Å². The molecule has 0 aromatic rings. The molecule has 0 aromatic carbocycles. The maximum atomic E-state index is 12.4. The van der Waals surface area contributed by atoms with E-state index in [0.29, 0.717) is 32.5 Å². The molecular weight excluding hydrogens is 310 g/mol. The summed E-state index contributed by atoms with van der Waals surface area (Å²) in [6, 6.07) is 0. The molecular formula is C17H31N3O4. The van der Waals surface area contributed by atoms with Gasteiger partial charge in [0, 0.05) is 51.2 Å². The fourth-order valence-corrected chi connectivity index (χ4v) is 3.30. The lowest BCUT2D eigenvalue weighted by Gasteiger charge is -2.46. The highest BCUT2D eigenvalue weighted by atomic mass is 16.5. The number of aliphatic carboxylic acids is 1. The molecule has 2 heterocycles. The van der Waals surface area contributed by atoms with E-state index in [1.165, 1.54) is 0 Å². The van der Waals surface area contributed by atoms with E-state index in [1.807, 2.05) is 4.90 Å². The number of ether oxygens (including phenoxy) is 1. The Labute approximate surface area is 144 Å². The summed E-state index contributed by atoms with van der Waals surface area (Å²) >= 11 is 0. The van der Waals surface area contributed by atoms with E-state index in [4.69, 9.17) is 4.74 Å². The summed E-state index contributed by atoms with van der Waals surface area (Å²) in [5, 5.41) is 9.37. The first-order valence-electron chi connectivity index (χ1n) is 8.73. The van der Waals surface area contributed by atoms with Crippen molar-refractivity contribution < 1.29 is 19.4 Å². The van der Waals surface area contributed by atoms with Crippen LogP contribution in [0.3, 0.4) is 0 Å². The van der Waals surface area contributed by atoms with Crippen LogP contribution >= 0.6 is 0 Å². The van der Waals surface area contributed by atoms with E-state index in [9.17, 15) is 14.7 Å². The molecule has 0 radical (unpaired) electrons. The van der Waals surface area contributed by atoms with Gasteiger partial charge in [-0.15, -0.1) is 0 Å². The summed E-state index contributed by atoms with van der Waals surface area (Å²) in [6.45, 7) is 10.7. The SMILES string of the molecule is CN1CCN(C(=O)CCC(C)(C)N2CCOC(C)(C(=O)O)C2)CC1. The van der Waals surface area contributed by atoms with Crippen molar-refractivity contribution in [2.45, 2.75) is 44.8 Å². The fraction of sp³-hybridized carbons (Fsp3) is 0.882. The minimum atomic E-state index is -1.17. The Kier molecular flexibility index (Phi) is 5.88. The number of amides is 1. The van der Waals surface area contributed by atoms with E-state index >= 15 is 0 Å². The molecule has 0 aliphatic carbocycles. The van der Waals surface area contributed by atoms with Gasteiger partial charge < -0.3 is 19.6 Å². The predicted octanol–water partition coefficient (Wildman–Crippen LogP) is 0.495. The van der Waals surface area contributed by atoms with Crippen LogP contribution in [-0.4, -0.2) is 95.7 Å². The molecule has 24 heavy (non-hydrogen) atoms. The molecule has 2 saturated heterocycles. The van der Waals surface area contributed by atoms with Gasteiger partial charge in [-0.05, 0) is 34.2 Å². The molecule has 138 valence electrons. The predicted molar refractivity (Wildman–Crippen MR) is 91.0 cm³/mol. The lowest BCUT2D eigenvalue weighted by atomic mass is 9.92. The largest absolute Gasteiger partial charge is 0.479 e. The summed E-state index contributed by atoms with van der Waals surface area (Å²) in [7, 11) is 2.07. The first kappa shape index (κ1) is 19.1. The molecule has 0 aromatic heterocycles. The van der Waals surface area contributed by atoms with Gasteiger partial charge in [-0.2, -0.15) is 0 Å². The Morgan fingerprint density at radius 3 is 2.38 bits per heavy atom. The number of nitrogens with zero attached hydrogens (tertiary/aromatic N) is 3. The van der Waals surface area contributed by atoms with E-state index in [1.54, 1.807) is 6.92 Å². The molecule has 1 unspecified atom stereocenters. The molecule has 2 rings (SSSR count). The number of hydrogen-bond donors (Lipinski definition) is 1. The molecule has 1 atom stereocenters. The molecule has 7 nitrogen and oxygen atoms in total. The Morgan fingerprint density at radius 1 is 1.17 bits per heavy atom. The number of carboxylic acids is 1. The van der Waals surface area contributed by atoms with Crippen LogP contribution in [0.2, 0.25) is 0 Å². The van der Waals surface area contributed by atoms with Crippen molar-refractivity contribution in [2.75, 3.05) is 52.9 Å². The summed E-state index contributed by atoms with van der Waals surface area (Å²) in [4.78, 5) is 30.2. The van der Waals surface area contributed by atoms with Crippen molar-refractivity contribution in [2.24, 2.45) is 0 Å². The maximum absolute atomic E-state index is 12.4. The summed E-state index contributed by atoms with van der Waals surface area (Å²) < 4.78 is 5.46. The first-order chi connectivity index (χ1) is 11.1. The van der Waals surface area contributed by atoms with Crippen LogP contribution < -0.4 is 0 Å². The Morgan fingerprint density at radius 2 is 1.79 bits per heavy atom. The number of rotatable bonds is 5. The van der Waals surface area contributed by atoms with Crippen molar-refractivity contribution in [1.29, 1.82) is 0 Å². The molecule has 0 spiro atoms. The van der Waals surface area contributed by atoms with Crippen LogP contribution in [0.15, 0.2) is 0 Å². The molecule has 7 heteroatoms. The van der Waals surface area contributed by atoms with Gasteiger partial charge in [0.2, 0.25) is 5.91 Å². The van der Waals surface area contributed by atoms with Crippen LogP contribution in [0.25, 0.3) is 0 Å². The normalized spacial score (nSPS) is 27.2. The van der Waals surface area contributed by atoms with Crippen LogP contribution in [0.4, 0.5) is 0 Å². The number of carbonyl (C=O) groups is 2. The monoisotopic (exact) mass is 341 g/mol. The third kappa shape index (κ3) is 4.46. The summed E-state index contributed by atoms with van der Waals surface area (Å²) in [5.74, 6) is -0.734. The van der Waals surface area contributed by atoms with Crippen LogP contribution in [-0.2, 0) is 14.3 Å². The maximum Gasteiger partial charge on any atom is 0.337 e. The lowest BCUT2D eigenvalue weighted by molar-refractivity contribution is -0.179. The van der Waals surface area contributed by atoms with Crippen LogP contribution in [0, 0.1) is 0 Å². The molecule has 0 saturated carbocycles. The number of morpholine rings is 1. The van der Waals surface area contributed by atoms with E-state index in [-0.39, 0.29) is 11.4 Å². The highest BCUT2D eigenvalue weighted by Gasteiger charge is 2.43. The highest BCUT2D eigenvalue weighted by molar-refractivity contribution is 5.77. The van der Waals surface area contributed by atoms with Gasteiger partial charge in [-0.1, -0.05) is 0 Å². The van der Waals surface area contributed by atoms with Gasteiger partial charge in [0.25, 0.3) is 0 Å². The summed E-state index contributed by atoms with van der Waals surface area (Å²) in [5.41, 5.74) is -1.40. The Balaban J connectivity index is 1.88. The average Bonchev–Trinajstić information content (AvgIpc) is 2.53. The standard InChI is InChI=1S/C17H31N3O4/c1-16(2,20-11-12-24-17(3,13-20)15(22)23)6-5-14(21)19-9-7-18(4)8-10-19/h5-13H2,1-4H3,(H,22,23). The number of likely N-dealkylation sites (N-methyl/N-ethyl adjacent to an activating group) is 1. The third-order valence-electron chi connectivity index (χ3n) is 5.39. The fourth-order valence-electron chi connectivity index (χ4n) is 3.30. The average molecular weight is 341 g/mol. The molecule has 2 aliphatic rings. The minimum Gasteiger partial charge on any atom is -0.479 e. The van der Waals surface area contributed by atoms with Crippen molar-refractivity contribution in [3.63, 3.8) is 0 Å². The molecule has 1 amide bonds.